The van der Waals surface area contributed by atoms with Gasteiger partial charge in [-0.05, 0) is 95.8 Å². The van der Waals surface area contributed by atoms with Gasteiger partial charge in [-0.3, -0.25) is 0 Å². The molecular weight excluding hydrogens is 873 g/mol. The number of anilines is 10. The molecule has 2 aromatic heterocycles. The number of aromatic nitrogens is 6. The van der Waals surface area contributed by atoms with Crippen LogP contribution in [0.3, 0.4) is 0 Å². The summed E-state index contributed by atoms with van der Waals surface area (Å²) in [6, 6.07) is 53.9. The fourth-order valence-corrected chi connectivity index (χ4v) is 8.49. The standard InChI is InChI=1S/C56H56N12O2/c1-41-37-47(57-51-59-53(65-29-33-69-34-30-65)63-55(61-51)67(49-19-11-5-12-20-49)39-43-15-7-3-8-16-43)27-25-45(41)23-24-46-26-28-48(38-42(46)2)58-52-60-54(66-31-35-70-36-32-66)64-56(62-52)68(50-21-13-6-14-22-50)40-44-17-9-4-10-18-44/h3-28,37-38H,29-36,39-40H2,1-2H3,(H,57,59,61,63)(H,58,60,62,64). The summed E-state index contributed by atoms with van der Waals surface area (Å²) in [4.78, 5) is 38.6. The quantitative estimate of drug-likeness (QED) is 0.0891. The number of hydrogen-bond acceptors (Lipinski definition) is 14. The van der Waals surface area contributed by atoms with Crippen molar-refractivity contribution in [3.63, 3.8) is 0 Å². The van der Waals surface area contributed by atoms with Crippen molar-refractivity contribution in [1.29, 1.82) is 0 Å². The zero-order chi connectivity index (χ0) is 47.5. The van der Waals surface area contributed by atoms with Crippen LogP contribution in [0.4, 0.5) is 58.4 Å². The van der Waals surface area contributed by atoms with Gasteiger partial charge in [0.1, 0.15) is 0 Å². The second-order valence-electron chi connectivity index (χ2n) is 17.3. The number of aryl methyl sites for hydroxylation is 2. The Hall–Kier alpha value is -8.20. The topological polar surface area (TPSA) is 133 Å². The van der Waals surface area contributed by atoms with E-state index in [2.05, 4.69) is 165 Å². The molecule has 0 bridgehead atoms. The Kier molecular flexibility index (Phi) is 14.2. The molecule has 0 amide bonds. The van der Waals surface area contributed by atoms with Crippen LogP contribution in [0, 0.1) is 13.8 Å². The third-order valence-electron chi connectivity index (χ3n) is 12.3. The van der Waals surface area contributed by atoms with Gasteiger partial charge in [0.25, 0.3) is 0 Å². The lowest BCUT2D eigenvalue weighted by Crippen LogP contribution is -2.37. The molecule has 0 radical (unpaired) electrons. The highest BCUT2D eigenvalue weighted by atomic mass is 16.5. The van der Waals surface area contributed by atoms with Crippen LogP contribution in [0.2, 0.25) is 0 Å². The smallest absolute Gasteiger partial charge is 0.236 e. The summed E-state index contributed by atoms with van der Waals surface area (Å²) in [7, 11) is 0. The van der Waals surface area contributed by atoms with E-state index in [1.165, 1.54) is 0 Å². The molecule has 2 aliphatic rings. The lowest BCUT2D eigenvalue weighted by molar-refractivity contribution is 0.122. The second-order valence-corrected chi connectivity index (χ2v) is 17.3. The molecular formula is C56H56N12O2. The number of nitrogens with one attached hydrogen (secondary N) is 2. The van der Waals surface area contributed by atoms with Crippen molar-refractivity contribution in [2.24, 2.45) is 0 Å². The number of benzene rings is 6. The van der Waals surface area contributed by atoms with Gasteiger partial charge in [0.2, 0.25) is 35.7 Å². The van der Waals surface area contributed by atoms with E-state index in [4.69, 9.17) is 39.4 Å². The number of nitrogens with zero attached hydrogens (tertiary/aromatic N) is 10. The van der Waals surface area contributed by atoms with E-state index in [1.54, 1.807) is 0 Å². The van der Waals surface area contributed by atoms with Gasteiger partial charge < -0.3 is 39.7 Å². The van der Waals surface area contributed by atoms with Crippen molar-refractivity contribution in [2.75, 3.05) is 82.8 Å². The van der Waals surface area contributed by atoms with Crippen LogP contribution in [0.25, 0.3) is 12.2 Å². The van der Waals surface area contributed by atoms with Crippen LogP contribution in [-0.2, 0) is 22.6 Å². The van der Waals surface area contributed by atoms with E-state index in [0.29, 0.717) is 101 Å². The van der Waals surface area contributed by atoms with Crippen molar-refractivity contribution in [3.05, 3.63) is 191 Å². The first kappa shape index (κ1) is 45.6. The maximum Gasteiger partial charge on any atom is 0.236 e. The average Bonchev–Trinajstić information content (AvgIpc) is 3.41. The molecule has 14 nitrogen and oxygen atoms in total. The van der Waals surface area contributed by atoms with E-state index in [9.17, 15) is 0 Å². The monoisotopic (exact) mass is 928 g/mol. The Morgan fingerprint density at radius 3 is 1.20 bits per heavy atom. The fraction of sp³-hybridized carbons (Fsp3) is 0.214. The summed E-state index contributed by atoms with van der Waals surface area (Å²) in [5.74, 6) is 3.29. The van der Waals surface area contributed by atoms with Gasteiger partial charge in [-0.15, -0.1) is 0 Å². The first-order valence-corrected chi connectivity index (χ1v) is 23.8. The normalized spacial score (nSPS) is 13.9. The summed E-state index contributed by atoms with van der Waals surface area (Å²) in [5, 5.41) is 7.04. The van der Waals surface area contributed by atoms with Crippen LogP contribution >= 0.6 is 0 Å². The third kappa shape index (κ3) is 11.4. The predicted molar refractivity (Wildman–Crippen MR) is 281 cm³/mol. The Morgan fingerprint density at radius 1 is 0.457 bits per heavy atom. The highest BCUT2D eigenvalue weighted by Gasteiger charge is 2.23. The van der Waals surface area contributed by atoms with Crippen LogP contribution in [0.1, 0.15) is 33.4 Å². The summed E-state index contributed by atoms with van der Waals surface area (Å²) in [6.07, 6.45) is 4.32. The highest BCUT2D eigenvalue weighted by molar-refractivity contribution is 5.75. The highest BCUT2D eigenvalue weighted by Crippen LogP contribution is 2.31. The Bertz CT molecular complexity index is 2800. The Morgan fingerprint density at radius 2 is 0.829 bits per heavy atom. The van der Waals surface area contributed by atoms with Gasteiger partial charge in [-0.2, -0.15) is 29.9 Å². The fourth-order valence-electron chi connectivity index (χ4n) is 8.49. The molecule has 2 N–H and O–H groups in total. The molecule has 0 aliphatic carbocycles. The molecule has 4 heterocycles. The number of morpholine rings is 2. The molecule has 2 aliphatic heterocycles. The summed E-state index contributed by atoms with van der Waals surface area (Å²) in [5.41, 5.74) is 10.4. The number of rotatable bonds is 16. The van der Waals surface area contributed by atoms with Gasteiger partial charge in [-0.25, -0.2) is 0 Å². The first-order chi connectivity index (χ1) is 34.5. The maximum absolute atomic E-state index is 5.68. The van der Waals surface area contributed by atoms with Crippen LogP contribution in [0.15, 0.2) is 158 Å². The van der Waals surface area contributed by atoms with Crippen molar-refractivity contribution in [1.82, 2.24) is 29.9 Å². The summed E-state index contributed by atoms with van der Waals surface area (Å²) in [6.45, 7) is 10.7. The van der Waals surface area contributed by atoms with Crippen LogP contribution in [-0.4, -0.2) is 82.5 Å². The Balaban J connectivity index is 0.880. The number of para-hydroxylation sites is 2. The van der Waals surface area contributed by atoms with Gasteiger partial charge in [0.05, 0.1) is 39.5 Å². The number of hydrogen-bond donors (Lipinski definition) is 2. The van der Waals surface area contributed by atoms with Gasteiger partial charge in [-0.1, -0.05) is 121 Å². The van der Waals surface area contributed by atoms with E-state index in [-0.39, 0.29) is 0 Å². The van der Waals surface area contributed by atoms with E-state index in [0.717, 1.165) is 56.1 Å². The largest absolute Gasteiger partial charge is 0.378 e. The molecule has 0 saturated carbocycles. The minimum atomic E-state index is 0.471. The molecule has 0 unspecified atom stereocenters. The third-order valence-corrected chi connectivity index (χ3v) is 12.3. The lowest BCUT2D eigenvalue weighted by atomic mass is 10.0. The predicted octanol–water partition coefficient (Wildman–Crippen LogP) is 10.7. The van der Waals surface area contributed by atoms with Gasteiger partial charge >= 0.3 is 0 Å². The van der Waals surface area contributed by atoms with E-state index >= 15 is 0 Å². The van der Waals surface area contributed by atoms with Crippen molar-refractivity contribution in [2.45, 2.75) is 26.9 Å². The van der Waals surface area contributed by atoms with E-state index < -0.39 is 0 Å². The summed E-state index contributed by atoms with van der Waals surface area (Å²) < 4.78 is 11.4. The molecule has 10 rings (SSSR count). The van der Waals surface area contributed by atoms with Crippen molar-refractivity contribution >= 4 is 70.6 Å². The SMILES string of the molecule is Cc1cc(Nc2nc(N3CCOCC3)nc(N(Cc3ccccc3)c3ccccc3)n2)ccc1C=Cc1ccc(Nc2nc(N3CCOCC3)nc(N(Cc3ccccc3)c3ccccc3)n2)cc1C. The molecule has 70 heavy (non-hydrogen) atoms. The Labute approximate surface area is 409 Å². The van der Waals surface area contributed by atoms with Crippen molar-refractivity contribution in [3.8, 4) is 0 Å². The maximum atomic E-state index is 5.68. The zero-order valence-electron chi connectivity index (χ0n) is 39.5. The van der Waals surface area contributed by atoms with E-state index in [1.807, 2.05) is 48.5 Å². The number of ether oxygens (including phenoxy) is 2. The lowest BCUT2D eigenvalue weighted by Gasteiger charge is -2.29. The minimum absolute atomic E-state index is 0.471. The molecule has 6 aromatic carbocycles. The molecule has 352 valence electrons. The average molecular weight is 929 g/mol. The second kappa shape index (κ2) is 21.8. The molecule has 2 fully saturated rings. The van der Waals surface area contributed by atoms with Gasteiger partial charge in [0.15, 0.2) is 0 Å². The van der Waals surface area contributed by atoms with Crippen molar-refractivity contribution < 1.29 is 9.47 Å². The molecule has 2 saturated heterocycles. The van der Waals surface area contributed by atoms with Gasteiger partial charge in [0, 0.05) is 48.9 Å². The molecule has 8 aromatic rings. The van der Waals surface area contributed by atoms with Crippen LogP contribution < -0.4 is 30.2 Å². The molecule has 14 heteroatoms. The molecule has 0 spiro atoms. The first-order valence-electron chi connectivity index (χ1n) is 23.8. The molecule has 0 atom stereocenters. The van der Waals surface area contributed by atoms with Crippen LogP contribution in [0.5, 0.6) is 0 Å². The minimum Gasteiger partial charge on any atom is -0.378 e. The summed E-state index contributed by atoms with van der Waals surface area (Å²) >= 11 is 0. The zero-order valence-corrected chi connectivity index (χ0v) is 39.5.